The lowest BCUT2D eigenvalue weighted by molar-refractivity contribution is 0.214. The molecule has 0 N–H and O–H groups in total. The molecule has 5 nitrogen and oxygen atoms in total. The number of hydrogen-bond acceptors (Lipinski definition) is 5. The van der Waals surface area contributed by atoms with E-state index >= 15 is 0 Å². The highest BCUT2D eigenvalue weighted by Gasteiger charge is 2.19. The molecule has 1 fully saturated rings. The lowest BCUT2D eigenvalue weighted by Crippen LogP contribution is -2.30. The van der Waals surface area contributed by atoms with Gasteiger partial charge in [0.05, 0.1) is 12.1 Å². The van der Waals surface area contributed by atoms with Crippen LogP contribution in [0.3, 0.4) is 0 Å². The Bertz CT molecular complexity index is 1170. The second kappa shape index (κ2) is 9.39. The van der Waals surface area contributed by atoms with Gasteiger partial charge < -0.3 is 0 Å². The number of fused-ring (bicyclic) bond motifs is 1. The molecule has 0 atom stereocenters. The monoisotopic (exact) mass is 449 g/mol. The maximum Gasteiger partial charge on any atom is 0.196 e. The fraction of sp³-hybridized carbons (Fsp3) is 0.292. The van der Waals surface area contributed by atoms with Crippen molar-refractivity contribution in [3.8, 4) is 5.69 Å². The molecule has 2 aromatic carbocycles. The minimum Gasteiger partial charge on any atom is -0.296 e. The number of thioether (sulfide) groups is 1. The maximum atomic E-state index is 6.37. The summed E-state index contributed by atoms with van der Waals surface area (Å²) in [5, 5.41) is 11.8. The highest BCUT2D eigenvalue weighted by molar-refractivity contribution is 7.98. The lowest BCUT2D eigenvalue weighted by atomic mass is 10.1. The summed E-state index contributed by atoms with van der Waals surface area (Å²) in [7, 11) is 0. The van der Waals surface area contributed by atoms with Gasteiger partial charge in [-0.25, -0.2) is 0 Å². The van der Waals surface area contributed by atoms with Gasteiger partial charge in [0.25, 0.3) is 0 Å². The fourth-order valence-electron chi connectivity index (χ4n) is 4.11. The zero-order valence-electron chi connectivity index (χ0n) is 17.2. The third-order valence-corrected chi connectivity index (χ3v) is 6.99. The molecule has 0 amide bonds. The average Bonchev–Trinajstić information content (AvgIpc) is 3.22. The number of pyridine rings is 1. The Hall–Kier alpha value is -2.41. The van der Waals surface area contributed by atoms with Crippen molar-refractivity contribution >= 4 is 34.3 Å². The maximum absolute atomic E-state index is 6.37. The number of para-hydroxylation sites is 1. The third-order valence-electron chi connectivity index (χ3n) is 5.69. The molecule has 4 aromatic rings. The van der Waals surface area contributed by atoms with Gasteiger partial charge in [0.2, 0.25) is 0 Å². The number of benzene rings is 2. The highest BCUT2D eigenvalue weighted by Crippen LogP contribution is 2.31. The summed E-state index contributed by atoms with van der Waals surface area (Å²) in [4.78, 5) is 7.05. The third kappa shape index (κ3) is 4.47. The molecule has 0 unspecified atom stereocenters. The molecule has 31 heavy (non-hydrogen) atoms. The van der Waals surface area contributed by atoms with Gasteiger partial charge in [0, 0.05) is 28.0 Å². The summed E-state index contributed by atoms with van der Waals surface area (Å²) in [5.41, 5.74) is 3.19. The molecular weight excluding hydrogens is 426 g/mol. The van der Waals surface area contributed by atoms with Crippen LogP contribution >= 0.6 is 23.4 Å². The molecular formula is C24H24ClN5S. The minimum absolute atomic E-state index is 0.730. The Balaban J connectivity index is 1.45. The summed E-state index contributed by atoms with van der Waals surface area (Å²) < 4.78 is 2.20. The SMILES string of the molecule is Clc1ccc(CSc2nnc(CN3CCCCC3)n2-c2ccccc2)c2ncccc12. The summed E-state index contributed by atoms with van der Waals surface area (Å²) >= 11 is 8.06. The highest BCUT2D eigenvalue weighted by atomic mass is 35.5. The van der Waals surface area contributed by atoms with Crippen LogP contribution in [0.5, 0.6) is 0 Å². The molecule has 0 spiro atoms. The first kappa shape index (κ1) is 20.5. The Labute approximate surface area is 191 Å². The second-order valence-corrected chi connectivity index (χ2v) is 9.15. The molecule has 0 radical (unpaired) electrons. The van der Waals surface area contributed by atoms with E-state index in [0.717, 1.165) is 63.5 Å². The van der Waals surface area contributed by atoms with Crippen molar-refractivity contribution in [2.24, 2.45) is 0 Å². The van der Waals surface area contributed by atoms with Gasteiger partial charge in [-0.2, -0.15) is 0 Å². The zero-order valence-corrected chi connectivity index (χ0v) is 18.8. The summed E-state index contributed by atoms with van der Waals surface area (Å²) in [6.45, 7) is 3.09. The molecule has 158 valence electrons. The molecule has 0 saturated carbocycles. The number of piperidine rings is 1. The molecule has 1 saturated heterocycles. The predicted molar refractivity (Wildman–Crippen MR) is 127 cm³/mol. The van der Waals surface area contributed by atoms with E-state index in [1.807, 2.05) is 30.5 Å². The van der Waals surface area contributed by atoms with Gasteiger partial charge in [0.15, 0.2) is 11.0 Å². The van der Waals surface area contributed by atoms with Crippen molar-refractivity contribution in [3.05, 3.63) is 77.2 Å². The molecule has 3 heterocycles. The molecule has 7 heteroatoms. The van der Waals surface area contributed by atoms with E-state index in [9.17, 15) is 0 Å². The normalized spacial score (nSPS) is 14.9. The lowest BCUT2D eigenvalue weighted by Gasteiger charge is -2.26. The van der Waals surface area contributed by atoms with E-state index in [1.54, 1.807) is 11.8 Å². The van der Waals surface area contributed by atoms with E-state index in [-0.39, 0.29) is 0 Å². The van der Waals surface area contributed by atoms with Crippen LogP contribution in [0.4, 0.5) is 0 Å². The van der Waals surface area contributed by atoms with E-state index in [1.165, 1.54) is 19.3 Å². The summed E-state index contributed by atoms with van der Waals surface area (Å²) in [6.07, 6.45) is 5.66. The van der Waals surface area contributed by atoms with Crippen LogP contribution in [0.15, 0.2) is 66.0 Å². The first-order chi connectivity index (χ1) is 15.3. The van der Waals surface area contributed by atoms with Crippen LogP contribution in [-0.4, -0.2) is 37.7 Å². The van der Waals surface area contributed by atoms with Crippen LogP contribution in [0.25, 0.3) is 16.6 Å². The molecule has 0 bridgehead atoms. The van der Waals surface area contributed by atoms with E-state index in [0.29, 0.717) is 0 Å². The van der Waals surface area contributed by atoms with E-state index < -0.39 is 0 Å². The number of hydrogen-bond donors (Lipinski definition) is 0. The number of rotatable bonds is 6. The number of likely N-dealkylation sites (tertiary alicyclic amines) is 1. The first-order valence-corrected chi connectivity index (χ1v) is 12.0. The van der Waals surface area contributed by atoms with Crippen LogP contribution in [0.1, 0.15) is 30.7 Å². The number of nitrogens with zero attached hydrogens (tertiary/aromatic N) is 5. The van der Waals surface area contributed by atoms with Gasteiger partial charge in [-0.15, -0.1) is 10.2 Å². The molecule has 1 aliphatic rings. The van der Waals surface area contributed by atoms with Gasteiger partial charge in [-0.05, 0) is 61.8 Å². The second-order valence-electron chi connectivity index (χ2n) is 7.80. The summed E-state index contributed by atoms with van der Waals surface area (Å²) in [6, 6.07) is 18.3. The zero-order chi connectivity index (χ0) is 21.0. The average molecular weight is 450 g/mol. The smallest absolute Gasteiger partial charge is 0.196 e. The van der Waals surface area contributed by atoms with Crippen molar-refractivity contribution in [2.45, 2.75) is 36.7 Å². The van der Waals surface area contributed by atoms with Crippen molar-refractivity contribution in [2.75, 3.05) is 13.1 Å². The van der Waals surface area contributed by atoms with Crippen molar-refractivity contribution in [3.63, 3.8) is 0 Å². The van der Waals surface area contributed by atoms with Crippen LogP contribution < -0.4 is 0 Å². The Morgan fingerprint density at radius 1 is 0.903 bits per heavy atom. The van der Waals surface area contributed by atoms with Crippen LogP contribution in [0, 0.1) is 0 Å². The standard InChI is InChI=1S/C24H24ClN5S/c25-21-12-11-18(23-20(21)10-7-13-26-23)17-31-24-28-27-22(16-29-14-5-2-6-15-29)30(24)19-8-3-1-4-9-19/h1,3-4,7-13H,2,5-6,14-17H2. The number of aromatic nitrogens is 4. The van der Waals surface area contributed by atoms with Gasteiger partial charge in [-0.3, -0.25) is 14.5 Å². The molecule has 5 rings (SSSR count). The molecule has 0 aliphatic carbocycles. The topological polar surface area (TPSA) is 46.8 Å². The fourth-order valence-corrected chi connectivity index (χ4v) is 5.28. The Kier molecular flexibility index (Phi) is 6.20. The van der Waals surface area contributed by atoms with Crippen LogP contribution in [-0.2, 0) is 12.3 Å². The molecule has 1 aliphatic heterocycles. The number of halogens is 1. The molecule has 2 aromatic heterocycles. The summed E-state index contributed by atoms with van der Waals surface area (Å²) in [5.74, 6) is 1.74. The van der Waals surface area contributed by atoms with Gasteiger partial charge >= 0.3 is 0 Å². The van der Waals surface area contributed by atoms with Crippen molar-refractivity contribution < 1.29 is 0 Å². The van der Waals surface area contributed by atoms with Crippen LogP contribution in [0.2, 0.25) is 5.02 Å². The first-order valence-electron chi connectivity index (χ1n) is 10.7. The van der Waals surface area contributed by atoms with Gasteiger partial charge in [0.1, 0.15) is 0 Å². The van der Waals surface area contributed by atoms with Gasteiger partial charge in [-0.1, -0.05) is 54.0 Å². The minimum atomic E-state index is 0.730. The van der Waals surface area contributed by atoms with Crippen molar-refractivity contribution in [1.82, 2.24) is 24.6 Å². The van der Waals surface area contributed by atoms with Crippen molar-refractivity contribution in [1.29, 1.82) is 0 Å². The quantitative estimate of drug-likeness (QED) is 0.351. The Morgan fingerprint density at radius 3 is 2.58 bits per heavy atom. The predicted octanol–water partition coefficient (Wildman–Crippen LogP) is 5.75. The van der Waals surface area contributed by atoms with E-state index in [2.05, 4.69) is 55.0 Å². The van der Waals surface area contributed by atoms with E-state index in [4.69, 9.17) is 11.6 Å². The Morgan fingerprint density at radius 2 is 1.74 bits per heavy atom. The largest absolute Gasteiger partial charge is 0.296 e.